The fraction of sp³-hybridized carbons (Fsp3) is 0.238. The first-order valence-corrected chi connectivity index (χ1v) is 12.4. The van der Waals surface area contributed by atoms with Crippen LogP contribution in [-0.4, -0.2) is 51.9 Å². The van der Waals surface area contributed by atoms with E-state index in [2.05, 4.69) is 25.5 Å². The van der Waals surface area contributed by atoms with Gasteiger partial charge in [0.25, 0.3) is 0 Å². The number of amides is 1. The lowest BCUT2D eigenvalue weighted by Crippen LogP contribution is -2.30. The van der Waals surface area contributed by atoms with Crippen molar-refractivity contribution in [2.24, 2.45) is 0 Å². The first-order chi connectivity index (χ1) is 15.4. The van der Waals surface area contributed by atoms with Crippen molar-refractivity contribution >= 4 is 43.4 Å². The second kappa shape index (κ2) is 9.15. The summed E-state index contributed by atoms with van der Waals surface area (Å²) in [7, 11) is -3.58. The van der Waals surface area contributed by atoms with Gasteiger partial charge >= 0.3 is 0 Å². The minimum absolute atomic E-state index is 0. The zero-order valence-corrected chi connectivity index (χ0v) is 19.2. The second-order valence-corrected chi connectivity index (χ2v) is 9.77. The summed E-state index contributed by atoms with van der Waals surface area (Å²) in [6.07, 6.45) is 1.70. The average molecular weight is 475 g/mol. The number of rotatable bonds is 8. The van der Waals surface area contributed by atoms with Crippen LogP contribution in [0.2, 0.25) is 0 Å². The standard InChI is InChI=1S/C21H22N6O3S2.2H2/c1-3-27(4-2)32(29,30)15-8-5-7-14(11-15)12-18(28)24-21-23-17(13-31-21)19-16-9-6-10-22-20(16)26-25-19;;/h5-11,13H,3-4,12H2,1-2H3,(H,22,25,26)(H,23,24,28);2*1H. The van der Waals surface area contributed by atoms with E-state index in [9.17, 15) is 13.2 Å². The Balaban J connectivity index is 0.00000204. The Hall–Kier alpha value is -3.15. The number of aromatic nitrogens is 4. The smallest absolute Gasteiger partial charge is 0.243 e. The Morgan fingerprint density at radius 2 is 2.03 bits per heavy atom. The zero-order chi connectivity index (χ0) is 22.7. The summed E-state index contributed by atoms with van der Waals surface area (Å²) < 4.78 is 26.9. The summed E-state index contributed by atoms with van der Waals surface area (Å²) >= 11 is 1.30. The Morgan fingerprint density at radius 1 is 1.22 bits per heavy atom. The molecule has 170 valence electrons. The van der Waals surface area contributed by atoms with Crippen molar-refractivity contribution < 1.29 is 16.1 Å². The Kier molecular flexibility index (Phi) is 6.31. The highest BCUT2D eigenvalue weighted by Gasteiger charge is 2.22. The molecule has 3 aromatic heterocycles. The van der Waals surface area contributed by atoms with Gasteiger partial charge in [0.1, 0.15) is 5.69 Å². The van der Waals surface area contributed by atoms with Crippen molar-refractivity contribution in [3.05, 3.63) is 53.5 Å². The number of hydrogen-bond donors (Lipinski definition) is 2. The fourth-order valence-electron chi connectivity index (χ4n) is 3.37. The van der Waals surface area contributed by atoms with Crippen LogP contribution in [0.3, 0.4) is 0 Å². The molecule has 0 bridgehead atoms. The van der Waals surface area contributed by atoms with Crippen molar-refractivity contribution in [2.75, 3.05) is 18.4 Å². The van der Waals surface area contributed by atoms with E-state index in [-0.39, 0.29) is 20.1 Å². The number of nitrogens with zero attached hydrogens (tertiary/aromatic N) is 4. The number of carbonyl (C=O) groups is 1. The summed E-state index contributed by atoms with van der Waals surface area (Å²) in [5.74, 6) is -0.278. The highest BCUT2D eigenvalue weighted by atomic mass is 32.2. The molecule has 0 aliphatic heterocycles. The van der Waals surface area contributed by atoms with Gasteiger partial charge in [-0.05, 0) is 29.8 Å². The van der Waals surface area contributed by atoms with Gasteiger partial charge in [-0.3, -0.25) is 9.89 Å². The van der Waals surface area contributed by atoms with Gasteiger partial charge in [0, 0.05) is 32.9 Å². The number of nitrogens with one attached hydrogen (secondary N) is 2. The summed E-state index contributed by atoms with van der Waals surface area (Å²) in [6.45, 7) is 4.36. The van der Waals surface area contributed by atoms with Crippen LogP contribution < -0.4 is 5.32 Å². The molecular weight excluding hydrogens is 448 g/mol. The molecule has 0 atom stereocenters. The number of sulfonamides is 1. The van der Waals surface area contributed by atoms with Gasteiger partial charge in [0.15, 0.2) is 10.8 Å². The maximum Gasteiger partial charge on any atom is 0.243 e. The van der Waals surface area contributed by atoms with Crippen LogP contribution in [0.15, 0.2) is 52.9 Å². The molecule has 11 heteroatoms. The number of benzene rings is 1. The third kappa shape index (κ3) is 4.40. The molecule has 4 aromatic rings. The monoisotopic (exact) mass is 474 g/mol. The molecular formula is C21H26N6O3S2. The quantitative estimate of drug-likeness (QED) is 0.401. The number of anilines is 1. The maximum absolute atomic E-state index is 12.7. The maximum atomic E-state index is 12.7. The number of aromatic amines is 1. The van der Waals surface area contributed by atoms with Crippen LogP contribution in [-0.2, 0) is 21.2 Å². The van der Waals surface area contributed by atoms with Gasteiger partial charge in [-0.1, -0.05) is 26.0 Å². The van der Waals surface area contributed by atoms with Gasteiger partial charge < -0.3 is 5.32 Å². The molecule has 0 aliphatic rings. The van der Waals surface area contributed by atoms with Crippen LogP contribution in [0.1, 0.15) is 22.3 Å². The number of hydrogen-bond acceptors (Lipinski definition) is 7. The largest absolute Gasteiger partial charge is 0.302 e. The minimum atomic E-state index is -3.58. The average Bonchev–Trinajstić information content (AvgIpc) is 3.41. The van der Waals surface area contributed by atoms with E-state index in [1.807, 2.05) is 17.5 Å². The van der Waals surface area contributed by atoms with E-state index < -0.39 is 10.0 Å². The number of carbonyl (C=O) groups excluding carboxylic acids is 1. The van der Waals surface area contributed by atoms with E-state index in [1.54, 1.807) is 44.3 Å². The first kappa shape index (κ1) is 22.1. The highest BCUT2D eigenvalue weighted by molar-refractivity contribution is 7.89. The van der Waals surface area contributed by atoms with Crippen LogP contribution in [0.4, 0.5) is 5.13 Å². The molecule has 0 radical (unpaired) electrons. The molecule has 2 N–H and O–H groups in total. The van der Waals surface area contributed by atoms with E-state index in [0.29, 0.717) is 35.1 Å². The third-order valence-electron chi connectivity index (χ3n) is 4.94. The molecule has 0 spiro atoms. The van der Waals surface area contributed by atoms with Crippen LogP contribution in [0.25, 0.3) is 22.4 Å². The van der Waals surface area contributed by atoms with Crippen molar-refractivity contribution in [1.82, 2.24) is 24.5 Å². The van der Waals surface area contributed by atoms with Crippen molar-refractivity contribution in [3.8, 4) is 11.4 Å². The molecule has 4 rings (SSSR count). The van der Waals surface area contributed by atoms with Crippen LogP contribution in [0.5, 0.6) is 0 Å². The van der Waals surface area contributed by atoms with Crippen LogP contribution >= 0.6 is 11.3 Å². The lowest BCUT2D eigenvalue weighted by Gasteiger charge is -2.18. The Bertz CT molecular complexity index is 1370. The van der Waals surface area contributed by atoms with E-state index in [0.717, 1.165) is 11.1 Å². The number of H-pyrrole nitrogens is 1. The predicted molar refractivity (Wildman–Crippen MR) is 128 cm³/mol. The topological polar surface area (TPSA) is 121 Å². The zero-order valence-electron chi connectivity index (χ0n) is 17.6. The summed E-state index contributed by atoms with van der Waals surface area (Å²) in [5, 5.41) is 13.0. The SMILES string of the molecule is CCN(CC)S(=O)(=O)c1cccc(CC(=O)Nc2nc(-c3[nH]nc4ncccc34)cs2)c1.[HH].[HH]. The van der Waals surface area contributed by atoms with E-state index in [4.69, 9.17) is 0 Å². The van der Waals surface area contributed by atoms with Gasteiger partial charge in [-0.2, -0.15) is 9.40 Å². The lowest BCUT2D eigenvalue weighted by molar-refractivity contribution is -0.115. The minimum Gasteiger partial charge on any atom is -0.302 e. The van der Waals surface area contributed by atoms with Crippen LogP contribution in [0, 0.1) is 0 Å². The Labute approximate surface area is 192 Å². The number of thiazole rings is 1. The molecule has 0 fully saturated rings. The fourth-order valence-corrected chi connectivity index (χ4v) is 5.62. The van der Waals surface area contributed by atoms with Gasteiger partial charge in [-0.25, -0.2) is 18.4 Å². The van der Waals surface area contributed by atoms with Gasteiger partial charge in [0.05, 0.1) is 17.0 Å². The highest BCUT2D eigenvalue weighted by Crippen LogP contribution is 2.28. The summed E-state index contributed by atoms with van der Waals surface area (Å²) in [6, 6.07) is 10.2. The molecule has 1 aromatic carbocycles. The van der Waals surface area contributed by atoms with E-state index >= 15 is 0 Å². The summed E-state index contributed by atoms with van der Waals surface area (Å²) in [4.78, 5) is 21.4. The molecule has 0 saturated heterocycles. The molecule has 1 amide bonds. The molecule has 0 unspecified atom stereocenters. The summed E-state index contributed by atoms with van der Waals surface area (Å²) in [5.41, 5.74) is 2.60. The van der Waals surface area contributed by atoms with Gasteiger partial charge in [-0.15, -0.1) is 11.3 Å². The second-order valence-electron chi connectivity index (χ2n) is 6.97. The Morgan fingerprint density at radius 3 is 2.81 bits per heavy atom. The van der Waals surface area contributed by atoms with Crippen molar-refractivity contribution in [2.45, 2.75) is 25.2 Å². The first-order valence-electron chi connectivity index (χ1n) is 10.1. The molecule has 32 heavy (non-hydrogen) atoms. The normalized spacial score (nSPS) is 11.8. The third-order valence-corrected chi connectivity index (χ3v) is 7.75. The van der Waals surface area contributed by atoms with Gasteiger partial charge in [0.2, 0.25) is 15.9 Å². The molecule has 3 heterocycles. The number of pyridine rings is 1. The molecule has 0 aliphatic carbocycles. The number of fused-ring (bicyclic) bond motifs is 1. The van der Waals surface area contributed by atoms with Crippen molar-refractivity contribution in [1.29, 1.82) is 0 Å². The molecule has 0 saturated carbocycles. The lowest BCUT2D eigenvalue weighted by atomic mass is 10.1. The molecule has 9 nitrogen and oxygen atoms in total. The van der Waals surface area contributed by atoms with E-state index in [1.165, 1.54) is 15.6 Å². The predicted octanol–water partition coefficient (Wildman–Crippen LogP) is 3.79. The van der Waals surface area contributed by atoms with Crippen molar-refractivity contribution in [3.63, 3.8) is 0 Å².